The molecule has 3 atom stereocenters. The molecule has 0 aliphatic carbocycles. The van der Waals surface area contributed by atoms with Gasteiger partial charge in [-0.1, -0.05) is 67.6 Å². The molecule has 2 amide bonds. The standard InChI is InChI=1S/C29H33N3O4/c1-20-17-32(21(2)19-33)29(35)25-15-24(23-12-8-5-9-13-23)16-30-28(25)36-26(20)18-31(3)27(34)14-22-10-6-4-7-11-22/h4-13,15-16,20-21,26,33H,14,17-19H2,1-3H3/t20-,21-,26-/m0/s1. The zero-order valence-corrected chi connectivity index (χ0v) is 21.0. The van der Waals surface area contributed by atoms with E-state index in [1.807, 2.05) is 74.5 Å². The van der Waals surface area contributed by atoms with Gasteiger partial charge in [0, 0.05) is 31.3 Å². The summed E-state index contributed by atoms with van der Waals surface area (Å²) >= 11 is 0. The van der Waals surface area contributed by atoms with Crippen molar-refractivity contribution in [3.8, 4) is 17.0 Å². The zero-order chi connectivity index (χ0) is 25.7. The summed E-state index contributed by atoms with van der Waals surface area (Å²) in [6, 6.07) is 20.8. The Labute approximate surface area is 212 Å². The largest absolute Gasteiger partial charge is 0.472 e. The number of carbonyl (C=O) groups is 2. The summed E-state index contributed by atoms with van der Waals surface area (Å²) in [6.45, 7) is 4.41. The summed E-state index contributed by atoms with van der Waals surface area (Å²) in [7, 11) is 1.77. The van der Waals surface area contributed by atoms with E-state index < -0.39 is 0 Å². The Morgan fingerprint density at radius 3 is 2.47 bits per heavy atom. The van der Waals surface area contributed by atoms with Crippen LogP contribution in [-0.4, -0.2) is 70.6 Å². The zero-order valence-electron chi connectivity index (χ0n) is 21.0. The molecule has 1 N–H and O–H groups in total. The van der Waals surface area contributed by atoms with Gasteiger partial charge in [-0.15, -0.1) is 0 Å². The van der Waals surface area contributed by atoms with Crippen LogP contribution < -0.4 is 4.74 Å². The lowest BCUT2D eigenvalue weighted by Crippen LogP contribution is -2.50. The molecule has 0 saturated heterocycles. The van der Waals surface area contributed by atoms with Crippen LogP contribution in [0.25, 0.3) is 11.1 Å². The fourth-order valence-electron chi connectivity index (χ4n) is 4.39. The van der Waals surface area contributed by atoms with E-state index in [2.05, 4.69) is 4.98 Å². The van der Waals surface area contributed by atoms with Crippen LogP contribution in [0.15, 0.2) is 72.9 Å². The van der Waals surface area contributed by atoms with Gasteiger partial charge in [0.1, 0.15) is 11.7 Å². The highest BCUT2D eigenvalue weighted by atomic mass is 16.5. The van der Waals surface area contributed by atoms with Crippen LogP contribution in [0.5, 0.6) is 5.88 Å². The van der Waals surface area contributed by atoms with Crippen molar-refractivity contribution in [2.45, 2.75) is 32.4 Å². The minimum Gasteiger partial charge on any atom is -0.472 e. The number of benzene rings is 2. The van der Waals surface area contributed by atoms with Crippen LogP contribution in [0.1, 0.15) is 29.8 Å². The number of hydrogen-bond donors (Lipinski definition) is 1. The molecule has 2 aromatic carbocycles. The lowest BCUT2D eigenvalue weighted by atomic mass is 9.99. The summed E-state index contributed by atoms with van der Waals surface area (Å²) in [5.74, 6) is -0.0899. The van der Waals surface area contributed by atoms with Crippen LogP contribution in [0.3, 0.4) is 0 Å². The van der Waals surface area contributed by atoms with Crippen molar-refractivity contribution in [3.63, 3.8) is 0 Å². The highest BCUT2D eigenvalue weighted by molar-refractivity contribution is 5.98. The van der Waals surface area contributed by atoms with Gasteiger partial charge < -0.3 is 19.6 Å². The van der Waals surface area contributed by atoms with E-state index in [1.165, 1.54) is 0 Å². The van der Waals surface area contributed by atoms with Gasteiger partial charge in [-0.2, -0.15) is 0 Å². The number of carbonyl (C=O) groups excluding carboxylic acids is 2. The van der Waals surface area contributed by atoms with Crippen molar-refractivity contribution in [2.75, 3.05) is 26.7 Å². The lowest BCUT2D eigenvalue weighted by molar-refractivity contribution is -0.130. The minimum atomic E-state index is -0.384. The Kier molecular flexibility index (Phi) is 8.00. The van der Waals surface area contributed by atoms with E-state index >= 15 is 0 Å². The number of fused-ring (bicyclic) bond motifs is 1. The van der Waals surface area contributed by atoms with Crippen LogP contribution in [0.2, 0.25) is 0 Å². The average Bonchev–Trinajstić information content (AvgIpc) is 2.91. The number of amides is 2. The molecule has 4 rings (SSSR count). The van der Waals surface area contributed by atoms with E-state index in [0.29, 0.717) is 25.1 Å². The van der Waals surface area contributed by atoms with Gasteiger partial charge in [-0.05, 0) is 24.1 Å². The van der Waals surface area contributed by atoms with Crippen LogP contribution in [0, 0.1) is 5.92 Å². The molecule has 0 spiro atoms. The van der Waals surface area contributed by atoms with Crippen molar-refractivity contribution in [2.24, 2.45) is 5.92 Å². The van der Waals surface area contributed by atoms with Gasteiger partial charge in [0.2, 0.25) is 11.8 Å². The first-order valence-corrected chi connectivity index (χ1v) is 12.3. The summed E-state index contributed by atoms with van der Waals surface area (Å²) in [5, 5.41) is 9.86. The van der Waals surface area contributed by atoms with Crippen LogP contribution in [0.4, 0.5) is 0 Å². The van der Waals surface area contributed by atoms with Crippen molar-refractivity contribution in [1.82, 2.24) is 14.8 Å². The number of rotatable bonds is 7. The number of aromatic nitrogens is 1. The number of aliphatic hydroxyl groups is 1. The maximum absolute atomic E-state index is 13.6. The van der Waals surface area contributed by atoms with Crippen LogP contribution >= 0.6 is 0 Å². The highest BCUT2D eigenvalue weighted by Crippen LogP contribution is 2.30. The second kappa shape index (κ2) is 11.4. The quantitative estimate of drug-likeness (QED) is 0.550. The summed E-state index contributed by atoms with van der Waals surface area (Å²) in [6.07, 6.45) is 1.62. The molecule has 7 nitrogen and oxygen atoms in total. The van der Waals surface area contributed by atoms with E-state index in [9.17, 15) is 14.7 Å². The molecule has 0 radical (unpaired) electrons. The molecule has 1 aliphatic rings. The number of ether oxygens (including phenoxy) is 1. The Bertz CT molecular complexity index is 1190. The second-order valence-electron chi connectivity index (χ2n) is 9.50. The van der Waals surface area contributed by atoms with Crippen molar-refractivity contribution in [3.05, 3.63) is 84.1 Å². The molecule has 0 bridgehead atoms. The van der Waals surface area contributed by atoms with E-state index in [-0.39, 0.29) is 42.4 Å². The third-order valence-corrected chi connectivity index (χ3v) is 6.71. The van der Waals surface area contributed by atoms with Gasteiger partial charge in [0.15, 0.2) is 0 Å². The number of hydrogen-bond acceptors (Lipinski definition) is 5. The lowest BCUT2D eigenvalue weighted by Gasteiger charge is -2.37. The van der Waals surface area contributed by atoms with Crippen molar-refractivity contribution in [1.29, 1.82) is 0 Å². The fraction of sp³-hybridized carbons (Fsp3) is 0.345. The molecule has 0 saturated carbocycles. The molecule has 1 aliphatic heterocycles. The number of nitrogens with zero attached hydrogens (tertiary/aromatic N) is 3. The average molecular weight is 488 g/mol. The van der Waals surface area contributed by atoms with E-state index in [1.54, 1.807) is 29.1 Å². The first-order valence-electron chi connectivity index (χ1n) is 12.3. The number of pyridine rings is 1. The normalized spacial score (nSPS) is 18.4. The summed E-state index contributed by atoms with van der Waals surface area (Å²) < 4.78 is 6.33. The third-order valence-electron chi connectivity index (χ3n) is 6.71. The number of aliphatic hydroxyl groups excluding tert-OH is 1. The van der Waals surface area contributed by atoms with E-state index in [0.717, 1.165) is 16.7 Å². The molecule has 1 aromatic heterocycles. The molecule has 0 fully saturated rings. The summed E-state index contributed by atoms with van der Waals surface area (Å²) in [5.41, 5.74) is 3.06. The second-order valence-corrected chi connectivity index (χ2v) is 9.50. The molecular weight excluding hydrogens is 454 g/mol. The highest BCUT2D eigenvalue weighted by Gasteiger charge is 2.34. The van der Waals surface area contributed by atoms with Crippen LogP contribution in [-0.2, 0) is 11.2 Å². The Morgan fingerprint density at radius 2 is 1.81 bits per heavy atom. The molecule has 7 heteroatoms. The topological polar surface area (TPSA) is 83.0 Å². The van der Waals surface area contributed by atoms with Gasteiger partial charge >= 0.3 is 0 Å². The van der Waals surface area contributed by atoms with E-state index in [4.69, 9.17) is 4.74 Å². The monoisotopic (exact) mass is 487 g/mol. The van der Waals surface area contributed by atoms with Gasteiger partial charge in [0.05, 0.1) is 25.6 Å². The van der Waals surface area contributed by atoms with Crippen molar-refractivity contribution < 1.29 is 19.4 Å². The molecule has 3 aromatic rings. The predicted octanol–water partition coefficient (Wildman–Crippen LogP) is 3.67. The van der Waals surface area contributed by atoms with Gasteiger partial charge in [-0.25, -0.2) is 4.98 Å². The fourth-order valence-corrected chi connectivity index (χ4v) is 4.39. The molecular formula is C29H33N3O4. The third kappa shape index (κ3) is 5.74. The molecule has 0 unspecified atom stereocenters. The maximum Gasteiger partial charge on any atom is 0.259 e. The predicted molar refractivity (Wildman–Crippen MR) is 139 cm³/mol. The maximum atomic E-state index is 13.6. The molecule has 2 heterocycles. The van der Waals surface area contributed by atoms with Crippen molar-refractivity contribution >= 4 is 11.8 Å². The first-order chi connectivity index (χ1) is 17.4. The smallest absolute Gasteiger partial charge is 0.259 e. The minimum absolute atomic E-state index is 0.0108. The summed E-state index contributed by atoms with van der Waals surface area (Å²) in [4.78, 5) is 34.4. The van der Waals surface area contributed by atoms with Gasteiger partial charge in [-0.3, -0.25) is 9.59 Å². The first kappa shape index (κ1) is 25.4. The number of likely N-dealkylation sites (N-methyl/N-ethyl adjacent to an activating group) is 1. The Hall–Kier alpha value is -3.71. The Morgan fingerprint density at radius 1 is 1.14 bits per heavy atom. The molecule has 36 heavy (non-hydrogen) atoms. The van der Waals surface area contributed by atoms with Gasteiger partial charge in [0.25, 0.3) is 5.91 Å². The molecule has 188 valence electrons. The Balaban J connectivity index is 1.62. The SMILES string of the molecule is C[C@H]1CN([C@@H](C)CO)C(=O)c2cc(-c3ccccc3)cnc2O[C@H]1CN(C)C(=O)Cc1ccccc1.